The van der Waals surface area contributed by atoms with Crippen LogP contribution in [0.4, 0.5) is 0 Å². The number of piperazine rings is 1. The van der Waals surface area contributed by atoms with Gasteiger partial charge in [0.2, 0.25) is 0 Å². The zero-order valence-electron chi connectivity index (χ0n) is 26.2. The van der Waals surface area contributed by atoms with Gasteiger partial charge in [-0.2, -0.15) is 5.10 Å². The fourth-order valence-electron chi connectivity index (χ4n) is 8.05. The van der Waals surface area contributed by atoms with Crippen LogP contribution in [-0.2, 0) is 24.8 Å². The molecule has 1 spiro atoms. The van der Waals surface area contributed by atoms with Crippen LogP contribution in [0.25, 0.3) is 16.9 Å². The molecule has 232 valence electrons. The molecule has 0 bridgehead atoms. The Hall–Kier alpha value is -3.79. The summed E-state index contributed by atoms with van der Waals surface area (Å²) in [4.78, 5) is 37.9. The van der Waals surface area contributed by atoms with Crippen LogP contribution in [0.1, 0.15) is 55.3 Å². The van der Waals surface area contributed by atoms with E-state index in [-0.39, 0.29) is 17.4 Å². The highest BCUT2D eigenvalue weighted by molar-refractivity contribution is 7.10. The number of likely N-dealkylation sites (N-methyl/N-ethyl adjacent to an activating group) is 2. The lowest BCUT2D eigenvalue weighted by molar-refractivity contribution is 0.0251. The van der Waals surface area contributed by atoms with Gasteiger partial charge in [-0.1, -0.05) is 30.3 Å². The van der Waals surface area contributed by atoms with Crippen LogP contribution < -0.4 is 0 Å². The third kappa shape index (κ3) is 4.75. The van der Waals surface area contributed by atoms with Crippen molar-refractivity contribution in [3.05, 3.63) is 92.8 Å². The summed E-state index contributed by atoms with van der Waals surface area (Å²) in [6, 6.07) is 18.8. The summed E-state index contributed by atoms with van der Waals surface area (Å²) in [7, 11) is 4.34. The number of hydrogen-bond donors (Lipinski definition) is 0. The van der Waals surface area contributed by atoms with Crippen LogP contribution in [0, 0.1) is 0 Å². The standard InChI is InChI=1S/C36H40N6O2S/c1-38-19-21-41(22-20-38)35(44)32-29-10-11-31-28(13-23-45-31)33(29)42(37-32)27-8-5-7-26(24-27)34(43)40-17-14-36(15-18-40)30-9-4-3-6-25(30)12-16-39(36)2/h3-9,13,23-24H,10-12,14-22H2,1-2H3. The van der Waals surface area contributed by atoms with E-state index >= 15 is 0 Å². The molecule has 2 aromatic heterocycles. The highest BCUT2D eigenvalue weighted by Gasteiger charge is 2.43. The third-order valence-corrected chi connectivity index (χ3v) is 11.7. The number of thiophene rings is 1. The maximum absolute atomic E-state index is 14.0. The first-order valence-electron chi connectivity index (χ1n) is 16.3. The number of carbonyl (C=O) groups excluding carboxylic acids is 2. The topological polar surface area (TPSA) is 64.9 Å². The van der Waals surface area contributed by atoms with Crippen LogP contribution in [0.3, 0.4) is 0 Å². The maximum Gasteiger partial charge on any atom is 0.274 e. The van der Waals surface area contributed by atoms with E-state index in [9.17, 15) is 9.59 Å². The van der Waals surface area contributed by atoms with Gasteiger partial charge in [0, 0.05) is 72.9 Å². The van der Waals surface area contributed by atoms with E-state index in [0.717, 1.165) is 87.3 Å². The molecule has 45 heavy (non-hydrogen) atoms. The predicted molar refractivity (Wildman–Crippen MR) is 177 cm³/mol. The first-order valence-corrected chi connectivity index (χ1v) is 17.2. The molecule has 0 N–H and O–H groups in total. The Bertz CT molecular complexity index is 1780. The van der Waals surface area contributed by atoms with Gasteiger partial charge in [-0.05, 0) is 87.0 Å². The number of fused-ring (bicyclic) bond motifs is 5. The van der Waals surface area contributed by atoms with Crippen molar-refractivity contribution in [2.45, 2.75) is 37.6 Å². The van der Waals surface area contributed by atoms with E-state index in [0.29, 0.717) is 24.3 Å². The molecule has 9 heteroatoms. The van der Waals surface area contributed by atoms with E-state index in [1.807, 2.05) is 38.7 Å². The van der Waals surface area contributed by atoms with Gasteiger partial charge in [0.1, 0.15) is 0 Å². The Kier molecular flexibility index (Phi) is 7.15. The fourth-order valence-corrected chi connectivity index (χ4v) is 8.93. The largest absolute Gasteiger partial charge is 0.338 e. The van der Waals surface area contributed by atoms with Crippen LogP contribution in [0.2, 0.25) is 0 Å². The number of carbonyl (C=O) groups is 2. The summed E-state index contributed by atoms with van der Waals surface area (Å²) in [6.45, 7) is 5.65. The number of nitrogens with zero attached hydrogens (tertiary/aromatic N) is 6. The quantitative estimate of drug-likeness (QED) is 0.332. The molecule has 8 nitrogen and oxygen atoms in total. The fraction of sp³-hybridized carbons (Fsp3) is 0.417. The van der Waals surface area contributed by atoms with Crippen molar-refractivity contribution in [2.24, 2.45) is 0 Å². The van der Waals surface area contributed by atoms with E-state index < -0.39 is 0 Å². The molecule has 4 aromatic rings. The monoisotopic (exact) mass is 620 g/mol. The van der Waals surface area contributed by atoms with Crippen LogP contribution in [-0.4, -0.2) is 101 Å². The average Bonchev–Trinajstić information content (AvgIpc) is 3.72. The summed E-state index contributed by atoms with van der Waals surface area (Å²) in [6.07, 6.45) is 4.65. The van der Waals surface area contributed by atoms with Gasteiger partial charge >= 0.3 is 0 Å². The highest BCUT2D eigenvalue weighted by atomic mass is 32.1. The normalized spacial score (nSPS) is 19.7. The molecular formula is C36H40N6O2S. The van der Waals surface area contributed by atoms with Crippen molar-refractivity contribution in [3.8, 4) is 16.9 Å². The summed E-state index contributed by atoms with van der Waals surface area (Å²) < 4.78 is 1.93. The molecule has 2 fully saturated rings. The van der Waals surface area contributed by atoms with Crippen molar-refractivity contribution in [3.63, 3.8) is 0 Å². The van der Waals surface area contributed by atoms with Crippen molar-refractivity contribution < 1.29 is 9.59 Å². The second-order valence-corrected chi connectivity index (χ2v) is 14.1. The van der Waals surface area contributed by atoms with E-state index in [4.69, 9.17) is 5.10 Å². The minimum absolute atomic E-state index is 0.00739. The van der Waals surface area contributed by atoms with Gasteiger partial charge in [-0.25, -0.2) is 4.68 Å². The van der Waals surface area contributed by atoms with Crippen molar-refractivity contribution in [1.82, 2.24) is 29.4 Å². The summed E-state index contributed by atoms with van der Waals surface area (Å²) >= 11 is 1.76. The van der Waals surface area contributed by atoms with Crippen molar-refractivity contribution >= 4 is 23.2 Å². The van der Waals surface area contributed by atoms with E-state index in [2.05, 4.69) is 59.6 Å². The first kappa shape index (κ1) is 28.7. The molecule has 0 unspecified atom stereocenters. The molecule has 4 aliphatic rings. The van der Waals surface area contributed by atoms with Gasteiger partial charge in [-0.3, -0.25) is 14.5 Å². The molecule has 2 aromatic carbocycles. The highest BCUT2D eigenvalue weighted by Crippen LogP contribution is 2.43. The van der Waals surface area contributed by atoms with Crippen molar-refractivity contribution in [1.29, 1.82) is 0 Å². The van der Waals surface area contributed by atoms with E-state index in [1.54, 1.807) is 11.3 Å². The number of rotatable bonds is 3. The van der Waals surface area contributed by atoms with Crippen molar-refractivity contribution in [2.75, 3.05) is 59.9 Å². The Labute approximate surface area is 268 Å². The van der Waals surface area contributed by atoms with Gasteiger partial charge in [-0.15, -0.1) is 11.3 Å². The molecule has 0 atom stereocenters. The first-order chi connectivity index (χ1) is 21.9. The van der Waals surface area contributed by atoms with Gasteiger partial charge in [0.25, 0.3) is 11.8 Å². The Morgan fingerprint density at radius 1 is 0.800 bits per heavy atom. The Morgan fingerprint density at radius 3 is 2.40 bits per heavy atom. The second-order valence-electron chi connectivity index (χ2n) is 13.1. The number of benzene rings is 2. The zero-order chi connectivity index (χ0) is 30.7. The lowest BCUT2D eigenvalue weighted by Crippen LogP contribution is -2.55. The van der Waals surface area contributed by atoms with Gasteiger partial charge in [0.05, 0.1) is 11.4 Å². The molecule has 2 saturated heterocycles. The molecule has 2 amide bonds. The molecule has 8 rings (SSSR count). The minimum Gasteiger partial charge on any atom is -0.338 e. The third-order valence-electron chi connectivity index (χ3n) is 10.8. The lowest BCUT2D eigenvalue weighted by atomic mass is 9.74. The maximum atomic E-state index is 14.0. The predicted octanol–water partition coefficient (Wildman–Crippen LogP) is 4.71. The summed E-state index contributed by atoms with van der Waals surface area (Å²) in [5.74, 6) is 0.0740. The van der Waals surface area contributed by atoms with Gasteiger partial charge in [0.15, 0.2) is 5.69 Å². The Balaban J connectivity index is 1.09. The number of aromatic nitrogens is 2. The SMILES string of the molecule is CN1CCN(C(=O)c2nn(-c3cccc(C(=O)N4CCC5(CC4)c4ccccc4CCN5C)c3)c3c2CCc2sccc2-3)CC1. The minimum atomic E-state index is -0.00739. The van der Waals surface area contributed by atoms with Crippen LogP contribution in [0.5, 0.6) is 0 Å². The van der Waals surface area contributed by atoms with E-state index in [1.165, 1.54) is 16.0 Å². The van der Waals surface area contributed by atoms with Crippen LogP contribution >= 0.6 is 11.3 Å². The summed E-state index contributed by atoms with van der Waals surface area (Å²) in [5, 5.41) is 7.15. The average molecular weight is 621 g/mol. The number of hydrogen-bond acceptors (Lipinski definition) is 6. The second kappa shape index (κ2) is 11.2. The number of amides is 2. The summed E-state index contributed by atoms with van der Waals surface area (Å²) in [5.41, 5.74) is 8.10. The molecule has 1 aliphatic carbocycles. The molecule has 0 radical (unpaired) electrons. The van der Waals surface area contributed by atoms with Gasteiger partial charge < -0.3 is 14.7 Å². The molecule has 0 saturated carbocycles. The number of aryl methyl sites for hydroxylation is 1. The zero-order valence-corrected chi connectivity index (χ0v) is 27.0. The van der Waals surface area contributed by atoms with Crippen LogP contribution in [0.15, 0.2) is 60.0 Å². The molecule has 3 aliphatic heterocycles. The Morgan fingerprint density at radius 2 is 1.58 bits per heavy atom. The lowest BCUT2D eigenvalue weighted by Gasteiger charge is -2.51. The molecular weight excluding hydrogens is 581 g/mol. The number of piperidine rings is 1. The smallest absolute Gasteiger partial charge is 0.274 e. The molecule has 5 heterocycles. The number of likely N-dealkylation sites (tertiary alicyclic amines) is 1.